The number of ether oxygens (including phenoxy) is 1. The number of benzene rings is 2. The number of nitrogens with zero attached hydrogens (tertiary/aromatic N) is 1. The van der Waals surface area contributed by atoms with Crippen LogP contribution in [0.2, 0.25) is 5.02 Å². The quantitative estimate of drug-likeness (QED) is 0.924. The molecule has 2 aromatic carbocycles. The summed E-state index contributed by atoms with van der Waals surface area (Å²) in [5.74, 6) is 0.377. The highest BCUT2D eigenvalue weighted by Crippen LogP contribution is 2.35. The van der Waals surface area contributed by atoms with Crippen LogP contribution in [0.1, 0.15) is 11.1 Å². The predicted molar refractivity (Wildman–Crippen MR) is 83.0 cm³/mol. The molecule has 0 aliphatic rings. The number of phenolic OH excluding ortho intramolecular Hbond substituents is 1. The van der Waals surface area contributed by atoms with Crippen LogP contribution in [0.4, 0.5) is 5.69 Å². The normalized spacial score (nSPS) is 10.4. The van der Waals surface area contributed by atoms with Crippen LogP contribution in [0.5, 0.6) is 11.5 Å². The van der Waals surface area contributed by atoms with E-state index in [0.717, 1.165) is 11.3 Å². The van der Waals surface area contributed by atoms with Gasteiger partial charge in [0.05, 0.1) is 12.1 Å². The fourth-order valence-corrected chi connectivity index (χ4v) is 2.46. The number of hydrogen-bond acceptors (Lipinski definition) is 3. The topological polar surface area (TPSA) is 32.7 Å². The average Bonchev–Trinajstić information content (AvgIpc) is 2.43. The molecule has 0 unspecified atom stereocenters. The van der Waals surface area contributed by atoms with Crippen LogP contribution in [0.25, 0.3) is 0 Å². The molecule has 0 bridgehead atoms. The molecule has 0 heterocycles. The lowest BCUT2D eigenvalue weighted by Gasteiger charge is -2.22. The summed E-state index contributed by atoms with van der Waals surface area (Å²) < 4.78 is 5.12. The Hall–Kier alpha value is -1.87. The number of phenols is 1. The minimum atomic E-state index is -0.0172. The molecule has 1 N–H and O–H groups in total. The van der Waals surface area contributed by atoms with E-state index in [-0.39, 0.29) is 5.75 Å². The number of aromatic hydroxyl groups is 1. The molecule has 0 saturated heterocycles. The van der Waals surface area contributed by atoms with E-state index >= 15 is 0 Å². The van der Waals surface area contributed by atoms with Crippen LogP contribution in [-0.4, -0.2) is 19.3 Å². The summed E-state index contributed by atoms with van der Waals surface area (Å²) >= 11 is 6.01. The van der Waals surface area contributed by atoms with Gasteiger partial charge in [0.1, 0.15) is 0 Å². The van der Waals surface area contributed by atoms with Gasteiger partial charge in [-0.15, -0.1) is 0 Å². The summed E-state index contributed by atoms with van der Waals surface area (Å²) in [7, 11) is 3.54. The molecule has 0 aromatic heterocycles. The highest BCUT2D eigenvalue weighted by molar-refractivity contribution is 6.32. The molecule has 0 fully saturated rings. The van der Waals surface area contributed by atoms with Crippen molar-refractivity contribution >= 4 is 17.3 Å². The highest BCUT2D eigenvalue weighted by Gasteiger charge is 2.11. The van der Waals surface area contributed by atoms with E-state index in [1.54, 1.807) is 12.1 Å². The van der Waals surface area contributed by atoms with Gasteiger partial charge in [0.15, 0.2) is 11.5 Å². The van der Waals surface area contributed by atoms with Gasteiger partial charge < -0.3 is 14.7 Å². The highest BCUT2D eigenvalue weighted by atomic mass is 35.5. The van der Waals surface area contributed by atoms with Crippen molar-refractivity contribution in [2.45, 2.75) is 13.5 Å². The smallest absolute Gasteiger partial charge is 0.176 e. The van der Waals surface area contributed by atoms with E-state index in [9.17, 15) is 5.11 Å². The first-order valence-electron chi connectivity index (χ1n) is 6.35. The largest absolute Gasteiger partial charge is 0.503 e. The third kappa shape index (κ3) is 2.99. The van der Waals surface area contributed by atoms with Crippen molar-refractivity contribution < 1.29 is 9.84 Å². The molecule has 0 radical (unpaired) electrons. The fraction of sp³-hybridized carbons (Fsp3) is 0.250. The van der Waals surface area contributed by atoms with Crippen LogP contribution >= 0.6 is 11.6 Å². The Labute approximate surface area is 124 Å². The molecule has 0 atom stereocenters. The van der Waals surface area contributed by atoms with E-state index in [1.165, 1.54) is 12.7 Å². The van der Waals surface area contributed by atoms with E-state index in [1.807, 2.05) is 19.2 Å². The molecule has 20 heavy (non-hydrogen) atoms. The van der Waals surface area contributed by atoms with Crippen molar-refractivity contribution in [2.24, 2.45) is 0 Å². The number of hydrogen-bond donors (Lipinski definition) is 1. The Morgan fingerprint density at radius 2 is 1.95 bits per heavy atom. The summed E-state index contributed by atoms with van der Waals surface area (Å²) in [6.07, 6.45) is 0. The zero-order valence-corrected chi connectivity index (χ0v) is 12.6. The minimum Gasteiger partial charge on any atom is -0.503 e. The molecule has 0 spiro atoms. The summed E-state index contributed by atoms with van der Waals surface area (Å²) in [6, 6.07) is 11.8. The van der Waals surface area contributed by atoms with Crippen LogP contribution < -0.4 is 9.64 Å². The van der Waals surface area contributed by atoms with Crippen molar-refractivity contribution in [1.29, 1.82) is 0 Å². The van der Waals surface area contributed by atoms with Crippen molar-refractivity contribution in [3.63, 3.8) is 0 Å². The van der Waals surface area contributed by atoms with Gasteiger partial charge in [-0.1, -0.05) is 29.8 Å². The molecule has 3 nitrogen and oxygen atoms in total. The van der Waals surface area contributed by atoms with E-state index in [4.69, 9.17) is 16.3 Å². The molecule has 0 aliphatic heterocycles. The molecule has 2 aromatic rings. The lowest BCUT2D eigenvalue weighted by atomic mass is 10.1. The molecule has 106 valence electrons. The van der Waals surface area contributed by atoms with Crippen molar-refractivity contribution in [1.82, 2.24) is 0 Å². The summed E-state index contributed by atoms with van der Waals surface area (Å²) in [6.45, 7) is 2.76. The van der Waals surface area contributed by atoms with Crippen LogP contribution in [-0.2, 0) is 6.54 Å². The van der Waals surface area contributed by atoms with Crippen molar-refractivity contribution in [3.8, 4) is 11.5 Å². The molecular formula is C16H18ClNO2. The first-order valence-corrected chi connectivity index (χ1v) is 6.73. The number of para-hydroxylation sites is 1. The standard InChI is InChI=1S/C16H18ClNO2/c1-11-6-4-5-7-14(11)18(2)10-12-8-13(17)16(19)15(9-12)20-3/h4-9,19H,10H2,1-3H3. The lowest BCUT2D eigenvalue weighted by Crippen LogP contribution is -2.17. The number of aryl methyl sites for hydroxylation is 1. The van der Waals surface area contributed by atoms with Crippen LogP contribution in [0, 0.1) is 6.92 Å². The van der Waals surface area contributed by atoms with Gasteiger partial charge in [-0.25, -0.2) is 0 Å². The van der Waals surface area contributed by atoms with Gasteiger partial charge >= 0.3 is 0 Å². The van der Waals surface area contributed by atoms with Gasteiger partial charge in [0.25, 0.3) is 0 Å². The summed E-state index contributed by atoms with van der Waals surface area (Å²) in [5.41, 5.74) is 3.36. The first-order chi connectivity index (χ1) is 9.52. The molecule has 0 amide bonds. The van der Waals surface area contributed by atoms with Gasteiger partial charge in [0.2, 0.25) is 0 Å². The van der Waals surface area contributed by atoms with Gasteiger partial charge in [0, 0.05) is 19.3 Å². The molecular weight excluding hydrogens is 274 g/mol. The minimum absolute atomic E-state index is 0.0172. The maximum Gasteiger partial charge on any atom is 0.176 e. The fourth-order valence-electron chi connectivity index (χ4n) is 2.22. The van der Waals surface area contributed by atoms with Crippen LogP contribution in [0.15, 0.2) is 36.4 Å². The zero-order chi connectivity index (χ0) is 14.7. The predicted octanol–water partition coefficient (Wildman–Crippen LogP) is 4.00. The third-order valence-electron chi connectivity index (χ3n) is 3.25. The van der Waals surface area contributed by atoms with E-state index in [2.05, 4.69) is 24.0 Å². The molecule has 2 rings (SSSR count). The van der Waals surface area contributed by atoms with Gasteiger partial charge in [-0.2, -0.15) is 0 Å². The summed E-state index contributed by atoms with van der Waals surface area (Å²) in [5, 5.41) is 10.0. The number of rotatable bonds is 4. The molecule has 0 saturated carbocycles. The molecule has 0 aliphatic carbocycles. The lowest BCUT2D eigenvalue weighted by molar-refractivity contribution is 0.373. The van der Waals surface area contributed by atoms with Crippen molar-refractivity contribution in [2.75, 3.05) is 19.1 Å². The monoisotopic (exact) mass is 291 g/mol. The Bertz CT molecular complexity index is 613. The van der Waals surface area contributed by atoms with Crippen molar-refractivity contribution in [3.05, 3.63) is 52.5 Å². The average molecular weight is 292 g/mol. The Kier molecular flexibility index (Phi) is 4.40. The number of anilines is 1. The zero-order valence-electron chi connectivity index (χ0n) is 11.9. The Balaban J connectivity index is 2.26. The van der Waals surface area contributed by atoms with Gasteiger partial charge in [-0.3, -0.25) is 0 Å². The van der Waals surface area contributed by atoms with E-state index < -0.39 is 0 Å². The summed E-state index contributed by atoms with van der Waals surface area (Å²) in [4.78, 5) is 2.14. The second-order valence-electron chi connectivity index (χ2n) is 4.77. The first kappa shape index (κ1) is 14.5. The van der Waals surface area contributed by atoms with Gasteiger partial charge in [-0.05, 0) is 36.2 Å². The maximum atomic E-state index is 9.75. The maximum absolute atomic E-state index is 9.75. The second-order valence-corrected chi connectivity index (χ2v) is 5.18. The second kappa shape index (κ2) is 6.06. The number of methoxy groups -OCH3 is 1. The van der Waals surface area contributed by atoms with E-state index in [0.29, 0.717) is 17.3 Å². The Morgan fingerprint density at radius 3 is 2.60 bits per heavy atom. The number of halogens is 1. The third-order valence-corrected chi connectivity index (χ3v) is 3.54. The SMILES string of the molecule is COc1cc(CN(C)c2ccccc2C)cc(Cl)c1O. The van der Waals surface area contributed by atoms with Crippen LogP contribution in [0.3, 0.4) is 0 Å². The Morgan fingerprint density at radius 1 is 1.25 bits per heavy atom. The molecule has 4 heteroatoms.